The molecule has 1 aliphatic rings. The Bertz CT molecular complexity index is 333. The number of benzene rings is 1. The summed E-state index contributed by atoms with van der Waals surface area (Å²) in [6, 6.07) is 8.55. The first kappa shape index (κ1) is 11.5. The van der Waals surface area contributed by atoms with Crippen molar-refractivity contribution in [1.82, 2.24) is 5.32 Å². The first-order valence-electron chi connectivity index (χ1n) is 6.21. The van der Waals surface area contributed by atoms with E-state index in [1.165, 1.54) is 24.8 Å². The summed E-state index contributed by atoms with van der Waals surface area (Å²) >= 11 is 0. The molecule has 1 aliphatic carbocycles. The van der Waals surface area contributed by atoms with Crippen LogP contribution in [0, 0.1) is 0 Å². The molecule has 0 aliphatic heterocycles. The SMILES string of the molecule is CNCCC(C)c1cccc(OC2CC2)c1. The van der Waals surface area contributed by atoms with Crippen molar-refractivity contribution in [2.75, 3.05) is 13.6 Å². The zero-order valence-electron chi connectivity index (χ0n) is 10.2. The third-order valence-corrected chi connectivity index (χ3v) is 3.08. The molecule has 1 aromatic rings. The smallest absolute Gasteiger partial charge is 0.119 e. The Morgan fingerprint density at radius 2 is 2.25 bits per heavy atom. The van der Waals surface area contributed by atoms with Crippen LogP contribution in [0.25, 0.3) is 0 Å². The molecule has 0 amide bonds. The van der Waals surface area contributed by atoms with Gasteiger partial charge in [-0.05, 0) is 56.5 Å². The lowest BCUT2D eigenvalue weighted by atomic mass is 9.98. The van der Waals surface area contributed by atoms with Gasteiger partial charge in [-0.2, -0.15) is 0 Å². The van der Waals surface area contributed by atoms with Crippen LogP contribution in [-0.4, -0.2) is 19.7 Å². The Morgan fingerprint density at radius 3 is 2.94 bits per heavy atom. The first-order chi connectivity index (χ1) is 7.79. The largest absolute Gasteiger partial charge is 0.490 e. The summed E-state index contributed by atoms with van der Waals surface area (Å²) in [5.41, 5.74) is 1.38. The van der Waals surface area contributed by atoms with Crippen LogP contribution in [-0.2, 0) is 0 Å². The predicted molar refractivity (Wildman–Crippen MR) is 67.1 cm³/mol. The van der Waals surface area contributed by atoms with Gasteiger partial charge in [0.15, 0.2) is 0 Å². The number of hydrogen-bond acceptors (Lipinski definition) is 2. The van der Waals surface area contributed by atoms with E-state index in [1.54, 1.807) is 0 Å². The van der Waals surface area contributed by atoms with E-state index < -0.39 is 0 Å². The highest BCUT2D eigenvalue weighted by molar-refractivity contribution is 5.31. The van der Waals surface area contributed by atoms with E-state index in [0.29, 0.717) is 12.0 Å². The fourth-order valence-electron chi connectivity index (χ4n) is 1.80. The molecule has 0 saturated heterocycles. The highest BCUT2D eigenvalue weighted by Gasteiger charge is 2.23. The summed E-state index contributed by atoms with van der Waals surface area (Å²) in [5, 5.41) is 3.19. The normalized spacial score (nSPS) is 17.1. The van der Waals surface area contributed by atoms with Crippen molar-refractivity contribution in [1.29, 1.82) is 0 Å². The molecule has 0 bridgehead atoms. The molecule has 0 aromatic heterocycles. The lowest BCUT2D eigenvalue weighted by molar-refractivity contribution is 0.302. The fourth-order valence-corrected chi connectivity index (χ4v) is 1.80. The molecule has 1 N–H and O–H groups in total. The van der Waals surface area contributed by atoms with Gasteiger partial charge in [-0.3, -0.25) is 0 Å². The molecule has 1 fully saturated rings. The van der Waals surface area contributed by atoms with Gasteiger partial charge in [0.05, 0.1) is 6.10 Å². The average molecular weight is 219 g/mol. The minimum absolute atomic E-state index is 0.489. The van der Waals surface area contributed by atoms with Gasteiger partial charge >= 0.3 is 0 Å². The van der Waals surface area contributed by atoms with E-state index in [-0.39, 0.29) is 0 Å². The standard InChI is InChI=1S/C14H21NO/c1-11(8-9-15-2)12-4-3-5-14(10-12)16-13-6-7-13/h3-5,10-11,13,15H,6-9H2,1-2H3. The Morgan fingerprint density at radius 1 is 1.44 bits per heavy atom. The molecule has 1 unspecified atom stereocenters. The molecular weight excluding hydrogens is 198 g/mol. The molecule has 88 valence electrons. The van der Waals surface area contributed by atoms with Gasteiger partial charge in [-0.15, -0.1) is 0 Å². The lowest BCUT2D eigenvalue weighted by Gasteiger charge is -2.13. The maximum atomic E-state index is 5.80. The summed E-state index contributed by atoms with van der Waals surface area (Å²) in [7, 11) is 2.00. The number of nitrogens with one attached hydrogen (secondary N) is 1. The second-order valence-corrected chi connectivity index (χ2v) is 4.68. The summed E-state index contributed by atoms with van der Waals surface area (Å²) in [6.45, 7) is 3.34. The molecule has 2 rings (SSSR count). The highest BCUT2D eigenvalue weighted by atomic mass is 16.5. The molecule has 2 heteroatoms. The van der Waals surface area contributed by atoms with Crippen molar-refractivity contribution in [2.24, 2.45) is 0 Å². The summed E-state index contributed by atoms with van der Waals surface area (Å²) in [5.74, 6) is 1.63. The maximum absolute atomic E-state index is 5.80. The molecule has 0 heterocycles. The van der Waals surface area contributed by atoms with Crippen LogP contribution in [0.15, 0.2) is 24.3 Å². The van der Waals surface area contributed by atoms with Gasteiger partial charge in [0, 0.05) is 0 Å². The number of ether oxygens (including phenoxy) is 1. The maximum Gasteiger partial charge on any atom is 0.119 e. The van der Waals surface area contributed by atoms with E-state index in [1.807, 2.05) is 7.05 Å². The van der Waals surface area contributed by atoms with E-state index in [9.17, 15) is 0 Å². The van der Waals surface area contributed by atoms with Crippen LogP contribution >= 0.6 is 0 Å². The third kappa shape index (κ3) is 3.24. The van der Waals surface area contributed by atoms with Gasteiger partial charge in [-0.25, -0.2) is 0 Å². The Hall–Kier alpha value is -1.02. The van der Waals surface area contributed by atoms with Crippen molar-refractivity contribution >= 4 is 0 Å². The summed E-state index contributed by atoms with van der Waals surface area (Å²) in [6.07, 6.45) is 4.10. The Kier molecular flexibility index (Phi) is 3.83. The Labute approximate surface area is 98.0 Å². The Balaban J connectivity index is 1.96. The van der Waals surface area contributed by atoms with E-state index in [4.69, 9.17) is 4.74 Å². The second-order valence-electron chi connectivity index (χ2n) is 4.68. The van der Waals surface area contributed by atoms with E-state index in [0.717, 1.165) is 12.3 Å². The second kappa shape index (κ2) is 5.35. The van der Waals surface area contributed by atoms with Crippen molar-refractivity contribution in [3.05, 3.63) is 29.8 Å². The summed E-state index contributed by atoms with van der Waals surface area (Å²) in [4.78, 5) is 0. The van der Waals surface area contributed by atoms with Crippen LogP contribution in [0.1, 0.15) is 37.7 Å². The van der Waals surface area contributed by atoms with Crippen LogP contribution in [0.2, 0.25) is 0 Å². The topological polar surface area (TPSA) is 21.3 Å². The molecule has 0 spiro atoms. The lowest BCUT2D eigenvalue weighted by Crippen LogP contribution is -2.10. The average Bonchev–Trinajstić information content (AvgIpc) is 3.10. The number of hydrogen-bond donors (Lipinski definition) is 1. The van der Waals surface area contributed by atoms with E-state index >= 15 is 0 Å². The van der Waals surface area contributed by atoms with E-state index in [2.05, 4.69) is 36.5 Å². The first-order valence-corrected chi connectivity index (χ1v) is 6.21. The van der Waals surface area contributed by atoms with Crippen LogP contribution < -0.4 is 10.1 Å². The van der Waals surface area contributed by atoms with Crippen molar-refractivity contribution < 1.29 is 4.74 Å². The summed E-state index contributed by atoms with van der Waals surface area (Å²) < 4.78 is 5.80. The van der Waals surface area contributed by atoms with Gasteiger partial charge in [0.2, 0.25) is 0 Å². The van der Waals surface area contributed by atoms with Crippen molar-refractivity contribution in [2.45, 2.75) is 38.2 Å². The molecule has 1 saturated carbocycles. The quantitative estimate of drug-likeness (QED) is 0.794. The zero-order valence-corrected chi connectivity index (χ0v) is 10.2. The molecule has 16 heavy (non-hydrogen) atoms. The molecule has 0 radical (unpaired) electrons. The number of rotatable bonds is 6. The highest BCUT2D eigenvalue weighted by Crippen LogP contribution is 2.29. The fraction of sp³-hybridized carbons (Fsp3) is 0.571. The monoisotopic (exact) mass is 219 g/mol. The zero-order chi connectivity index (χ0) is 11.4. The van der Waals surface area contributed by atoms with Crippen molar-refractivity contribution in [3.8, 4) is 5.75 Å². The predicted octanol–water partition coefficient (Wildman–Crippen LogP) is 2.94. The van der Waals surface area contributed by atoms with Gasteiger partial charge < -0.3 is 10.1 Å². The molecule has 2 nitrogen and oxygen atoms in total. The minimum Gasteiger partial charge on any atom is -0.490 e. The molecule has 1 aromatic carbocycles. The van der Waals surface area contributed by atoms with Gasteiger partial charge in [0.1, 0.15) is 5.75 Å². The van der Waals surface area contributed by atoms with Crippen molar-refractivity contribution in [3.63, 3.8) is 0 Å². The molecular formula is C14H21NO. The van der Waals surface area contributed by atoms with Gasteiger partial charge in [-0.1, -0.05) is 19.1 Å². The van der Waals surface area contributed by atoms with Crippen LogP contribution in [0.3, 0.4) is 0 Å². The van der Waals surface area contributed by atoms with Crippen LogP contribution in [0.5, 0.6) is 5.75 Å². The minimum atomic E-state index is 0.489. The molecule has 1 atom stereocenters. The van der Waals surface area contributed by atoms with Gasteiger partial charge in [0.25, 0.3) is 0 Å². The third-order valence-electron chi connectivity index (χ3n) is 3.08. The van der Waals surface area contributed by atoms with Crippen LogP contribution in [0.4, 0.5) is 0 Å².